The normalized spacial score (nSPS) is 11.4. The first kappa shape index (κ1) is 21.2. The SMILES string of the molecule is Cc1cc(OCCC=NN=C(N)N)cc(OS(=O)(=O)c2cc(F)ccc2C)c1. The zero-order chi connectivity index (χ0) is 20.7. The molecule has 0 aromatic heterocycles. The summed E-state index contributed by atoms with van der Waals surface area (Å²) in [4.78, 5) is -0.229. The molecule has 0 saturated heterocycles. The van der Waals surface area contributed by atoms with Crippen LogP contribution in [-0.4, -0.2) is 27.2 Å². The van der Waals surface area contributed by atoms with E-state index in [0.29, 0.717) is 17.7 Å². The Morgan fingerprint density at radius 3 is 2.57 bits per heavy atom. The third-order valence-corrected chi connectivity index (χ3v) is 4.81. The fourth-order valence-electron chi connectivity index (χ4n) is 2.25. The topological polar surface area (TPSA) is 129 Å². The molecule has 0 unspecified atom stereocenters. The molecule has 0 atom stereocenters. The van der Waals surface area contributed by atoms with E-state index in [1.807, 2.05) is 0 Å². The monoisotopic (exact) mass is 408 g/mol. The van der Waals surface area contributed by atoms with Crippen LogP contribution in [0.2, 0.25) is 0 Å². The zero-order valence-electron chi connectivity index (χ0n) is 15.4. The van der Waals surface area contributed by atoms with Gasteiger partial charge in [0, 0.05) is 18.7 Å². The average molecular weight is 408 g/mol. The predicted octanol–water partition coefficient (Wildman–Crippen LogP) is 2.24. The second-order valence-electron chi connectivity index (χ2n) is 5.89. The van der Waals surface area contributed by atoms with Crippen molar-refractivity contribution in [3.05, 3.63) is 53.3 Å². The van der Waals surface area contributed by atoms with Crippen molar-refractivity contribution in [3.8, 4) is 11.5 Å². The van der Waals surface area contributed by atoms with Gasteiger partial charge in [0.05, 0.1) is 6.61 Å². The highest BCUT2D eigenvalue weighted by Crippen LogP contribution is 2.27. The van der Waals surface area contributed by atoms with Gasteiger partial charge in [0.15, 0.2) is 0 Å². The minimum Gasteiger partial charge on any atom is -0.493 e. The maximum Gasteiger partial charge on any atom is 0.339 e. The third kappa shape index (κ3) is 6.23. The molecule has 0 heterocycles. The van der Waals surface area contributed by atoms with Crippen LogP contribution >= 0.6 is 0 Å². The van der Waals surface area contributed by atoms with E-state index < -0.39 is 15.9 Å². The van der Waals surface area contributed by atoms with E-state index in [1.54, 1.807) is 26.0 Å². The van der Waals surface area contributed by atoms with E-state index in [1.165, 1.54) is 24.4 Å². The van der Waals surface area contributed by atoms with Gasteiger partial charge in [-0.25, -0.2) is 4.39 Å². The van der Waals surface area contributed by atoms with E-state index in [4.69, 9.17) is 20.4 Å². The molecule has 0 aliphatic heterocycles. The van der Waals surface area contributed by atoms with Gasteiger partial charge in [-0.1, -0.05) is 6.07 Å². The molecule has 4 N–H and O–H groups in total. The van der Waals surface area contributed by atoms with E-state index >= 15 is 0 Å². The smallest absolute Gasteiger partial charge is 0.339 e. The fourth-order valence-corrected chi connectivity index (χ4v) is 3.41. The maximum atomic E-state index is 13.4. The molecule has 28 heavy (non-hydrogen) atoms. The Balaban J connectivity index is 2.11. The number of ether oxygens (including phenoxy) is 1. The number of guanidine groups is 1. The number of nitrogens with zero attached hydrogens (tertiary/aromatic N) is 2. The van der Waals surface area contributed by atoms with Crippen molar-refractivity contribution in [2.75, 3.05) is 6.61 Å². The Kier molecular flexibility index (Phi) is 6.94. The maximum absolute atomic E-state index is 13.4. The Labute approximate surface area is 162 Å². The molecule has 0 aliphatic carbocycles. The second kappa shape index (κ2) is 9.18. The molecule has 0 spiro atoms. The summed E-state index contributed by atoms with van der Waals surface area (Å²) in [6.45, 7) is 3.59. The van der Waals surface area contributed by atoms with Gasteiger partial charge in [-0.2, -0.15) is 13.5 Å². The van der Waals surface area contributed by atoms with Crippen molar-refractivity contribution in [3.63, 3.8) is 0 Å². The lowest BCUT2D eigenvalue weighted by molar-refractivity contribution is 0.329. The molecular weight excluding hydrogens is 387 g/mol. The van der Waals surface area contributed by atoms with Crippen LogP contribution in [0.4, 0.5) is 4.39 Å². The van der Waals surface area contributed by atoms with Crippen LogP contribution in [0.5, 0.6) is 11.5 Å². The summed E-state index contributed by atoms with van der Waals surface area (Å²) in [5.41, 5.74) is 11.4. The quantitative estimate of drug-likeness (QED) is 0.227. The molecule has 2 rings (SSSR count). The molecule has 8 nitrogen and oxygen atoms in total. The van der Waals surface area contributed by atoms with Gasteiger partial charge in [0.25, 0.3) is 0 Å². The van der Waals surface area contributed by atoms with Crippen LogP contribution in [0.1, 0.15) is 17.5 Å². The zero-order valence-corrected chi connectivity index (χ0v) is 16.2. The van der Waals surface area contributed by atoms with Crippen molar-refractivity contribution in [2.45, 2.75) is 25.2 Å². The molecule has 150 valence electrons. The molecular formula is C18H21FN4O4S. The number of aryl methyl sites for hydroxylation is 2. The molecule has 0 fully saturated rings. The van der Waals surface area contributed by atoms with Crippen LogP contribution in [0.15, 0.2) is 51.5 Å². The number of hydrogen-bond donors (Lipinski definition) is 2. The molecule has 0 saturated carbocycles. The number of rotatable bonds is 8. The Morgan fingerprint density at radius 2 is 1.86 bits per heavy atom. The first-order chi connectivity index (χ1) is 13.2. The summed E-state index contributed by atoms with van der Waals surface area (Å²) in [5.74, 6) is -0.333. The van der Waals surface area contributed by atoms with Crippen molar-refractivity contribution >= 4 is 22.3 Å². The molecule has 0 aliphatic rings. The van der Waals surface area contributed by atoms with Crippen LogP contribution in [0.25, 0.3) is 0 Å². The first-order valence-electron chi connectivity index (χ1n) is 8.23. The number of nitrogens with two attached hydrogens (primary N) is 2. The largest absolute Gasteiger partial charge is 0.493 e. The third-order valence-electron chi connectivity index (χ3n) is 3.42. The Hall–Kier alpha value is -3.14. The lowest BCUT2D eigenvalue weighted by Crippen LogP contribution is -2.21. The van der Waals surface area contributed by atoms with Gasteiger partial charge < -0.3 is 20.4 Å². The Bertz CT molecular complexity index is 1000. The van der Waals surface area contributed by atoms with E-state index in [9.17, 15) is 12.8 Å². The summed E-state index contributed by atoms with van der Waals surface area (Å²) in [7, 11) is -4.20. The number of benzene rings is 2. The fraction of sp³-hybridized carbons (Fsp3) is 0.222. The molecule has 2 aromatic carbocycles. The molecule has 10 heteroatoms. The minimum atomic E-state index is -4.20. The summed E-state index contributed by atoms with van der Waals surface area (Å²) in [6, 6.07) is 8.18. The van der Waals surface area contributed by atoms with Gasteiger partial charge in [-0.15, -0.1) is 5.10 Å². The Morgan fingerprint density at radius 1 is 1.14 bits per heavy atom. The number of halogens is 1. The summed E-state index contributed by atoms with van der Waals surface area (Å²) in [6.07, 6.45) is 1.91. The molecule has 0 amide bonds. The van der Waals surface area contributed by atoms with E-state index in [-0.39, 0.29) is 23.2 Å². The highest BCUT2D eigenvalue weighted by molar-refractivity contribution is 7.87. The lowest BCUT2D eigenvalue weighted by Gasteiger charge is -2.12. The first-order valence-corrected chi connectivity index (χ1v) is 9.64. The number of hydrogen-bond acceptors (Lipinski definition) is 6. The summed E-state index contributed by atoms with van der Waals surface area (Å²) >= 11 is 0. The van der Waals surface area contributed by atoms with Gasteiger partial charge in [0.2, 0.25) is 5.96 Å². The van der Waals surface area contributed by atoms with Crippen LogP contribution in [0, 0.1) is 19.7 Å². The highest BCUT2D eigenvalue weighted by atomic mass is 32.2. The van der Waals surface area contributed by atoms with E-state index in [2.05, 4.69) is 10.2 Å². The van der Waals surface area contributed by atoms with Crippen LogP contribution < -0.4 is 20.4 Å². The molecule has 0 radical (unpaired) electrons. The van der Waals surface area contributed by atoms with Crippen molar-refractivity contribution < 1.29 is 21.7 Å². The van der Waals surface area contributed by atoms with Crippen molar-refractivity contribution in [2.24, 2.45) is 21.7 Å². The summed E-state index contributed by atoms with van der Waals surface area (Å²) in [5, 5.41) is 7.09. The van der Waals surface area contributed by atoms with Crippen LogP contribution in [0.3, 0.4) is 0 Å². The van der Waals surface area contributed by atoms with Gasteiger partial charge in [-0.05, 0) is 49.2 Å². The summed E-state index contributed by atoms with van der Waals surface area (Å²) < 4.78 is 49.2. The lowest BCUT2D eigenvalue weighted by atomic mass is 10.2. The minimum absolute atomic E-state index is 0.0628. The van der Waals surface area contributed by atoms with Gasteiger partial charge in [-0.3, -0.25) is 0 Å². The van der Waals surface area contributed by atoms with Crippen LogP contribution in [-0.2, 0) is 10.1 Å². The van der Waals surface area contributed by atoms with Crippen molar-refractivity contribution in [1.29, 1.82) is 0 Å². The van der Waals surface area contributed by atoms with Gasteiger partial charge >= 0.3 is 10.1 Å². The standard InChI is InChI=1S/C18H21FN4O4S/c1-12-8-15(26-7-3-6-22-23-18(20)21)11-16(9-12)27-28(24,25)17-10-14(19)5-4-13(17)2/h4-6,8-11H,3,7H2,1-2H3,(H4,20,21,23). The molecule has 2 aromatic rings. The van der Waals surface area contributed by atoms with E-state index in [0.717, 1.165) is 11.6 Å². The second-order valence-corrected chi connectivity index (χ2v) is 7.40. The predicted molar refractivity (Wildman–Crippen MR) is 105 cm³/mol. The van der Waals surface area contributed by atoms with Crippen molar-refractivity contribution in [1.82, 2.24) is 0 Å². The average Bonchev–Trinajstić information content (AvgIpc) is 2.59. The van der Waals surface area contributed by atoms with Gasteiger partial charge in [0.1, 0.15) is 22.2 Å². The highest BCUT2D eigenvalue weighted by Gasteiger charge is 2.20. The molecule has 0 bridgehead atoms.